The van der Waals surface area contributed by atoms with Crippen LogP contribution in [-0.2, 0) is 0 Å². The Morgan fingerprint density at radius 1 is 1.78 bits per heavy atom. The first-order valence-electron chi connectivity index (χ1n) is 2.51. The second kappa shape index (κ2) is 2.79. The minimum absolute atomic E-state index is 0.696. The van der Waals surface area contributed by atoms with Crippen LogP contribution in [0, 0.1) is 11.3 Å². The molecule has 0 amide bonds. The maximum Gasteiger partial charge on any atom is 0.107 e. The monoisotopic (exact) mass is 204 g/mol. The molecule has 1 fully saturated rings. The number of nitrogens with zero attached hydrogens (tertiary/aromatic N) is 2. The van der Waals surface area contributed by atoms with Gasteiger partial charge in [-0.25, -0.2) is 0 Å². The van der Waals surface area contributed by atoms with Crippen molar-refractivity contribution in [3.8, 4) is 6.07 Å². The van der Waals surface area contributed by atoms with Crippen molar-refractivity contribution in [3.05, 3.63) is 10.1 Å². The van der Waals surface area contributed by atoms with E-state index in [0.29, 0.717) is 4.48 Å². The lowest BCUT2D eigenvalue weighted by atomic mass is 10.1. The van der Waals surface area contributed by atoms with Crippen molar-refractivity contribution >= 4 is 25.3 Å². The van der Waals surface area contributed by atoms with E-state index in [-0.39, 0.29) is 0 Å². The molecule has 0 bridgehead atoms. The molecule has 4 heteroatoms. The minimum atomic E-state index is 0.696. The number of hydrogen-bond acceptors (Lipinski definition) is 2. The summed E-state index contributed by atoms with van der Waals surface area (Å²) in [6, 6.07) is 2.05. The number of nitriles is 1. The molecule has 2 nitrogen and oxygen atoms in total. The summed E-state index contributed by atoms with van der Waals surface area (Å²) >= 11 is 3.16. The number of hydrogen-bond donors (Lipinski definition) is 0. The molecular weight excluding hydrogens is 199 g/mol. The topological polar surface area (TPSA) is 27.0 Å². The third kappa shape index (κ3) is 1.52. The number of halogens is 1. The fraction of sp³-hybridized carbons (Fsp3) is 0.400. The van der Waals surface area contributed by atoms with Gasteiger partial charge in [0, 0.05) is 13.1 Å². The first-order valence-corrected chi connectivity index (χ1v) is 3.82. The highest BCUT2D eigenvalue weighted by Crippen LogP contribution is 2.23. The summed E-state index contributed by atoms with van der Waals surface area (Å²) in [7, 11) is 2.58. The normalized spacial score (nSPS) is 18.6. The van der Waals surface area contributed by atoms with Gasteiger partial charge in [-0.2, -0.15) is 5.26 Å². The second-order valence-electron chi connectivity index (χ2n) is 1.93. The highest BCUT2D eigenvalue weighted by Gasteiger charge is 2.18. The molecule has 0 aromatic carbocycles. The van der Waals surface area contributed by atoms with Crippen LogP contribution < -0.4 is 0 Å². The maximum atomic E-state index is 8.38. The van der Waals surface area contributed by atoms with Gasteiger partial charge in [0.15, 0.2) is 0 Å². The number of rotatable bonds is 0. The molecule has 1 atom stereocenters. The van der Waals surface area contributed by atoms with Crippen molar-refractivity contribution < 1.29 is 0 Å². The van der Waals surface area contributed by atoms with Crippen LogP contribution in [0.1, 0.15) is 0 Å². The van der Waals surface area contributed by atoms with E-state index in [1.165, 1.54) is 5.57 Å². The molecule has 0 radical (unpaired) electrons. The van der Waals surface area contributed by atoms with E-state index in [1.54, 1.807) is 0 Å². The first-order chi connectivity index (χ1) is 4.24. The zero-order valence-corrected chi connectivity index (χ0v) is 7.50. The van der Waals surface area contributed by atoms with E-state index in [4.69, 9.17) is 5.26 Å². The Bertz CT molecular complexity index is 186. The van der Waals surface area contributed by atoms with Gasteiger partial charge >= 0.3 is 0 Å². The van der Waals surface area contributed by atoms with Gasteiger partial charge in [-0.1, -0.05) is 9.39 Å². The third-order valence-electron chi connectivity index (χ3n) is 1.20. The largest absolute Gasteiger partial charge is 0.279 e. The van der Waals surface area contributed by atoms with E-state index >= 15 is 0 Å². The van der Waals surface area contributed by atoms with E-state index in [9.17, 15) is 0 Å². The molecule has 0 aromatic heterocycles. The van der Waals surface area contributed by atoms with Gasteiger partial charge in [0.1, 0.15) is 6.07 Å². The average molecular weight is 205 g/mol. The second-order valence-corrected chi connectivity index (χ2v) is 3.46. The minimum Gasteiger partial charge on any atom is -0.279 e. The summed E-state index contributed by atoms with van der Waals surface area (Å²) in [5.74, 6) is 0. The predicted octanol–water partition coefficient (Wildman–Crippen LogP) is 1.26. The molecule has 0 aromatic rings. The molecule has 48 valence electrons. The summed E-state index contributed by atoms with van der Waals surface area (Å²) in [6.45, 7) is 1.80. The Balaban J connectivity index is 2.57. The zero-order chi connectivity index (χ0) is 6.85. The average Bonchev–Trinajstić information content (AvgIpc) is 1.79. The van der Waals surface area contributed by atoms with Gasteiger partial charge in [0.05, 0.1) is 4.48 Å². The lowest BCUT2D eigenvalue weighted by Crippen LogP contribution is -2.31. The van der Waals surface area contributed by atoms with E-state index in [2.05, 4.69) is 30.0 Å². The van der Waals surface area contributed by atoms with Crippen molar-refractivity contribution in [2.75, 3.05) is 13.1 Å². The summed E-state index contributed by atoms with van der Waals surface area (Å²) < 4.78 is 2.76. The van der Waals surface area contributed by atoms with Gasteiger partial charge in [-0.05, 0) is 21.5 Å². The quantitative estimate of drug-likeness (QED) is 0.439. The Labute approximate surface area is 64.9 Å². The summed E-state index contributed by atoms with van der Waals surface area (Å²) in [5.41, 5.74) is 1.19. The fourth-order valence-corrected chi connectivity index (χ4v) is 1.35. The van der Waals surface area contributed by atoms with Crippen molar-refractivity contribution in [3.63, 3.8) is 0 Å². The molecule has 9 heavy (non-hydrogen) atoms. The molecule has 0 saturated carbocycles. The lowest BCUT2D eigenvalue weighted by molar-refractivity contribution is 0.446. The van der Waals surface area contributed by atoms with Crippen molar-refractivity contribution in [2.24, 2.45) is 0 Å². The van der Waals surface area contributed by atoms with E-state index < -0.39 is 0 Å². The molecule has 0 spiro atoms. The molecular formula is C5H6BrN2P. The molecule has 1 heterocycles. The standard InChI is InChI=1S/C5H6BrN2P/c6-5(1-7)4-2-8(9)3-4/h2-3,9H2. The highest BCUT2D eigenvalue weighted by molar-refractivity contribution is 9.12. The van der Waals surface area contributed by atoms with Crippen LogP contribution >= 0.6 is 25.3 Å². The molecule has 1 saturated heterocycles. The first kappa shape index (κ1) is 7.21. The van der Waals surface area contributed by atoms with Crippen LogP contribution in [0.2, 0.25) is 0 Å². The van der Waals surface area contributed by atoms with Crippen LogP contribution in [0.3, 0.4) is 0 Å². The van der Waals surface area contributed by atoms with Crippen LogP contribution in [-0.4, -0.2) is 17.8 Å². The van der Waals surface area contributed by atoms with Gasteiger partial charge in [0.25, 0.3) is 0 Å². The highest BCUT2D eigenvalue weighted by atomic mass is 79.9. The Kier molecular flexibility index (Phi) is 2.23. The fourth-order valence-electron chi connectivity index (χ4n) is 0.662. The van der Waals surface area contributed by atoms with E-state index in [0.717, 1.165) is 13.1 Å². The lowest BCUT2D eigenvalue weighted by Gasteiger charge is -2.29. The van der Waals surface area contributed by atoms with Crippen LogP contribution in [0.25, 0.3) is 0 Å². The molecule has 0 N–H and O–H groups in total. The van der Waals surface area contributed by atoms with Crippen molar-refractivity contribution in [1.82, 2.24) is 4.67 Å². The SMILES string of the molecule is N#CC(Br)=C1CN(P)C1. The van der Waals surface area contributed by atoms with Gasteiger partial charge in [-0.3, -0.25) is 4.67 Å². The Morgan fingerprint density at radius 3 is 2.67 bits per heavy atom. The van der Waals surface area contributed by atoms with Gasteiger partial charge in [-0.15, -0.1) is 0 Å². The van der Waals surface area contributed by atoms with Crippen molar-refractivity contribution in [2.45, 2.75) is 0 Å². The smallest absolute Gasteiger partial charge is 0.107 e. The summed E-state index contributed by atoms with van der Waals surface area (Å²) in [6.07, 6.45) is 0. The molecule has 0 aliphatic carbocycles. The van der Waals surface area contributed by atoms with Gasteiger partial charge < -0.3 is 0 Å². The molecule has 1 rings (SSSR count). The molecule has 1 unspecified atom stereocenters. The third-order valence-corrected chi connectivity index (χ3v) is 2.30. The molecule has 1 aliphatic rings. The summed E-state index contributed by atoms with van der Waals surface area (Å²) in [4.78, 5) is 0. The predicted molar refractivity (Wildman–Crippen MR) is 42.8 cm³/mol. The Hall–Kier alpha value is 0.100. The van der Waals surface area contributed by atoms with E-state index in [1.807, 2.05) is 6.07 Å². The van der Waals surface area contributed by atoms with Crippen LogP contribution in [0.5, 0.6) is 0 Å². The molecule has 1 aliphatic heterocycles. The maximum absolute atomic E-state index is 8.38. The van der Waals surface area contributed by atoms with Crippen LogP contribution in [0.4, 0.5) is 0 Å². The summed E-state index contributed by atoms with van der Waals surface area (Å²) in [5, 5.41) is 8.38. The Morgan fingerprint density at radius 2 is 2.33 bits per heavy atom. The van der Waals surface area contributed by atoms with Crippen molar-refractivity contribution in [1.29, 1.82) is 5.26 Å². The zero-order valence-electron chi connectivity index (χ0n) is 4.76. The number of allylic oxidation sites excluding steroid dienone is 1. The van der Waals surface area contributed by atoms with Crippen LogP contribution in [0.15, 0.2) is 10.1 Å². The van der Waals surface area contributed by atoms with Gasteiger partial charge in [0.2, 0.25) is 0 Å².